The van der Waals surface area contributed by atoms with Gasteiger partial charge in [-0.1, -0.05) is 0 Å². The fourth-order valence-electron chi connectivity index (χ4n) is 6.37. The van der Waals surface area contributed by atoms with Crippen LogP contribution in [0.5, 0.6) is 11.5 Å². The highest BCUT2D eigenvalue weighted by Gasteiger charge is 2.55. The lowest BCUT2D eigenvalue weighted by Crippen LogP contribution is -2.52. The maximum Gasteiger partial charge on any atom is 0.346 e. The summed E-state index contributed by atoms with van der Waals surface area (Å²) in [4.78, 5) is 36.8. The molecule has 0 spiro atoms. The number of nitro benzene ring substituents is 1. The van der Waals surface area contributed by atoms with Crippen LogP contribution in [-0.4, -0.2) is 29.6 Å². The Bertz CT molecular complexity index is 873. The highest BCUT2D eigenvalue weighted by molar-refractivity contribution is 5.98. The molecule has 0 radical (unpaired) electrons. The molecule has 4 fully saturated rings. The molecular formula is C21H23NO7. The van der Waals surface area contributed by atoms with E-state index in [0.29, 0.717) is 17.8 Å². The minimum absolute atomic E-state index is 0.0339. The van der Waals surface area contributed by atoms with Crippen molar-refractivity contribution < 1.29 is 28.7 Å². The third-order valence-electron chi connectivity index (χ3n) is 7.12. The summed E-state index contributed by atoms with van der Waals surface area (Å²) in [6.07, 6.45) is 5.33. The lowest BCUT2D eigenvalue weighted by molar-refractivity contribution is -0.385. The first-order valence-corrected chi connectivity index (χ1v) is 10.2. The molecule has 29 heavy (non-hydrogen) atoms. The molecule has 4 bridgehead atoms. The summed E-state index contributed by atoms with van der Waals surface area (Å²) in [5.74, 6) is 1.34. The zero-order chi connectivity index (χ0) is 20.3. The zero-order valence-electron chi connectivity index (χ0n) is 16.2. The van der Waals surface area contributed by atoms with Crippen LogP contribution in [0, 0.1) is 33.3 Å². The van der Waals surface area contributed by atoms with Crippen molar-refractivity contribution >= 4 is 17.4 Å². The minimum Gasteiger partial charge on any atom is -0.454 e. The van der Waals surface area contributed by atoms with Crippen molar-refractivity contribution in [2.45, 2.75) is 51.6 Å². The fraction of sp³-hybridized carbons (Fsp3) is 0.619. The third kappa shape index (κ3) is 2.96. The number of Topliss-reactive ketones (excluding diaryl/α,β-unsaturated/α-hetero) is 1. The van der Waals surface area contributed by atoms with Gasteiger partial charge in [0.1, 0.15) is 5.56 Å². The SMILES string of the molecule is CC(OC(=O)c1cc2c(cc1[N+](=O)[O-])OCO2)C(=O)C12CC3CC(CC(C3)C1)C2. The first-order chi connectivity index (χ1) is 13.8. The van der Waals surface area contributed by atoms with Crippen LogP contribution in [-0.2, 0) is 9.53 Å². The molecule has 0 aromatic heterocycles. The van der Waals surface area contributed by atoms with Crippen molar-refractivity contribution in [2.75, 3.05) is 6.79 Å². The van der Waals surface area contributed by atoms with E-state index in [4.69, 9.17) is 14.2 Å². The number of carbonyl (C=O) groups is 2. The van der Waals surface area contributed by atoms with Crippen LogP contribution < -0.4 is 9.47 Å². The summed E-state index contributed by atoms with van der Waals surface area (Å²) >= 11 is 0. The van der Waals surface area contributed by atoms with Crippen LogP contribution in [0.2, 0.25) is 0 Å². The van der Waals surface area contributed by atoms with Gasteiger partial charge in [-0.2, -0.15) is 0 Å². The Balaban J connectivity index is 1.36. The maximum atomic E-state index is 13.3. The maximum absolute atomic E-state index is 13.3. The Morgan fingerprint density at radius 3 is 2.21 bits per heavy atom. The molecule has 0 N–H and O–H groups in total. The Morgan fingerprint density at radius 2 is 1.66 bits per heavy atom. The van der Waals surface area contributed by atoms with Crippen LogP contribution in [0.15, 0.2) is 12.1 Å². The topological polar surface area (TPSA) is 105 Å². The van der Waals surface area contributed by atoms with E-state index in [9.17, 15) is 19.7 Å². The van der Waals surface area contributed by atoms with Gasteiger partial charge in [0.25, 0.3) is 5.69 Å². The molecule has 154 valence electrons. The monoisotopic (exact) mass is 401 g/mol. The van der Waals surface area contributed by atoms with Gasteiger partial charge in [-0.25, -0.2) is 4.79 Å². The normalized spacial score (nSPS) is 32.1. The van der Waals surface area contributed by atoms with Crippen molar-refractivity contribution in [2.24, 2.45) is 23.2 Å². The average molecular weight is 401 g/mol. The second kappa shape index (κ2) is 6.43. The molecule has 4 aliphatic carbocycles. The molecule has 1 heterocycles. The first kappa shape index (κ1) is 18.4. The van der Waals surface area contributed by atoms with E-state index in [1.54, 1.807) is 6.92 Å². The summed E-state index contributed by atoms with van der Waals surface area (Å²) in [5.41, 5.74) is -1.05. The van der Waals surface area contributed by atoms with Gasteiger partial charge in [0.05, 0.1) is 11.0 Å². The lowest BCUT2D eigenvalue weighted by Gasteiger charge is -2.56. The summed E-state index contributed by atoms with van der Waals surface area (Å²) in [5, 5.41) is 11.4. The molecule has 4 saturated carbocycles. The molecule has 8 heteroatoms. The Hall–Kier alpha value is -2.64. The first-order valence-electron chi connectivity index (χ1n) is 10.2. The number of esters is 1. The number of hydrogen-bond acceptors (Lipinski definition) is 7. The van der Waals surface area contributed by atoms with E-state index in [0.717, 1.165) is 25.3 Å². The summed E-state index contributed by atoms with van der Waals surface area (Å²) < 4.78 is 15.8. The summed E-state index contributed by atoms with van der Waals surface area (Å²) in [6, 6.07) is 2.41. The van der Waals surface area contributed by atoms with Gasteiger partial charge in [0.2, 0.25) is 6.79 Å². The van der Waals surface area contributed by atoms with Crippen molar-refractivity contribution in [3.63, 3.8) is 0 Å². The highest BCUT2D eigenvalue weighted by Crippen LogP contribution is 2.60. The molecule has 1 aromatic carbocycles. The molecule has 0 saturated heterocycles. The molecular weight excluding hydrogens is 378 g/mol. The second-order valence-corrected chi connectivity index (χ2v) is 9.09. The Morgan fingerprint density at radius 1 is 1.10 bits per heavy atom. The van der Waals surface area contributed by atoms with E-state index in [1.165, 1.54) is 25.3 Å². The van der Waals surface area contributed by atoms with E-state index < -0.39 is 28.1 Å². The Kier molecular flexibility index (Phi) is 4.08. The Labute approximate surface area is 167 Å². The number of rotatable bonds is 5. The number of fused-ring (bicyclic) bond motifs is 1. The predicted molar refractivity (Wildman–Crippen MR) is 99.7 cm³/mol. The second-order valence-electron chi connectivity index (χ2n) is 9.09. The van der Waals surface area contributed by atoms with Gasteiger partial charge < -0.3 is 14.2 Å². The lowest BCUT2D eigenvalue weighted by atomic mass is 9.48. The van der Waals surface area contributed by atoms with E-state index >= 15 is 0 Å². The van der Waals surface area contributed by atoms with E-state index in [2.05, 4.69) is 0 Å². The van der Waals surface area contributed by atoms with Crippen molar-refractivity contribution in [1.82, 2.24) is 0 Å². The predicted octanol–water partition coefficient (Wildman–Crippen LogP) is 3.65. The largest absolute Gasteiger partial charge is 0.454 e. The van der Waals surface area contributed by atoms with Gasteiger partial charge >= 0.3 is 5.97 Å². The molecule has 1 aliphatic heterocycles. The number of carbonyl (C=O) groups excluding carboxylic acids is 2. The van der Waals surface area contributed by atoms with Gasteiger partial charge in [-0.3, -0.25) is 14.9 Å². The number of nitrogens with zero attached hydrogens (tertiary/aromatic N) is 1. The quantitative estimate of drug-likeness (QED) is 0.421. The van der Waals surface area contributed by atoms with Crippen molar-refractivity contribution in [3.8, 4) is 11.5 Å². The molecule has 1 atom stereocenters. The fourth-order valence-corrected chi connectivity index (χ4v) is 6.37. The standard InChI is InChI=1S/C21H23NO7/c1-11(19(23)21-7-12-2-13(8-21)4-14(3-12)9-21)29-20(24)15-5-17-18(28-10-27-17)6-16(15)22(25)26/h5-6,11-14H,2-4,7-10H2,1H3. The molecule has 0 amide bonds. The van der Waals surface area contributed by atoms with Gasteiger partial charge in [-0.15, -0.1) is 0 Å². The number of hydrogen-bond donors (Lipinski definition) is 0. The van der Waals surface area contributed by atoms with Crippen LogP contribution in [0.4, 0.5) is 5.69 Å². The van der Waals surface area contributed by atoms with E-state index in [-0.39, 0.29) is 29.6 Å². The number of ketones is 1. The number of benzene rings is 1. The zero-order valence-corrected chi connectivity index (χ0v) is 16.2. The highest BCUT2D eigenvalue weighted by atomic mass is 16.7. The summed E-state index contributed by atoms with van der Waals surface area (Å²) in [6.45, 7) is 1.52. The summed E-state index contributed by atoms with van der Waals surface area (Å²) in [7, 11) is 0. The number of nitro groups is 1. The third-order valence-corrected chi connectivity index (χ3v) is 7.12. The van der Waals surface area contributed by atoms with Crippen LogP contribution in [0.1, 0.15) is 55.8 Å². The average Bonchev–Trinajstić information content (AvgIpc) is 3.12. The molecule has 6 rings (SSSR count). The minimum atomic E-state index is -0.941. The van der Waals surface area contributed by atoms with Crippen LogP contribution in [0.25, 0.3) is 0 Å². The molecule has 8 nitrogen and oxygen atoms in total. The van der Waals surface area contributed by atoms with Crippen molar-refractivity contribution in [3.05, 3.63) is 27.8 Å². The van der Waals surface area contributed by atoms with E-state index in [1.807, 2.05) is 0 Å². The molecule has 5 aliphatic rings. The van der Waals surface area contributed by atoms with Gasteiger partial charge in [0.15, 0.2) is 23.4 Å². The van der Waals surface area contributed by atoms with Gasteiger partial charge in [0, 0.05) is 11.5 Å². The van der Waals surface area contributed by atoms with Gasteiger partial charge in [-0.05, 0) is 63.2 Å². The molecule has 1 unspecified atom stereocenters. The number of ether oxygens (including phenoxy) is 3. The van der Waals surface area contributed by atoms with Crippen molar-refractivity contribution in [1.29, 1.82) is 0 Å². The molecule has 1 aromatic rings. The smallest absolute Gasteiger partial charge is 0.346 e. The van der Waals surface area contributed by atoms with Crippen LogP contribution >= 0.6 is 0 Å². The van der Waals surface area contributed by atoms with Crippen LogP contribution in [0.3, 0.4) is 0 Å².